The fraction of sp³-hybridized carbons (Fsp3) is 0.222. The Kier molecular flexibility index (Phi) is 3.92. The molecule has 0 saturated carbocycles. The third-order valence-corrected chi connectivity index (χ3v) is 3.24. The topological polar surface area (TPSA) is 63.2 Å². The number of alkyl halides is 3. The van der Waals surface area contributed by atoms with Gasteiger partial charge in [0.05, 0.1) is 11.3 Å². The van der Waals surface area contributed by atoms with Crippen molar-refractivity contribution in [1.29, 1.82) is 0 Å². The van der Waals surface area contributed by atoms with E-state index in [9.17, 15) is 26.4 Å². The molecule has 0 atom stereocenters. The summed E-state index contributed by atoms with van der Waals surface area (Å²) in [4.78, 5) is 11.0. The number of halogens is 4. The monoisotopic (exact) mass is 301 g/mol. The molecule has 1 aromatic carbocycles. The summed E-state index contributed by atoms with van der Waals surface area (Å²) in [6, 6.07) is 3.56. The van der Waals surface area contributed by atoms with Crippen LogP contribution in [0.25, 0.3) is 0 Å². The van der Waals surface area contributed by atoms with Crippen LogP contribution >= 0.6 is 11.6 Å². The van der Waals surface area contributed by atoms with Crippen molar-refractivity contribution in [3.63, 3.8) is 0 Å². The van der Waals surface area contributed by atoms with Crippen LogP contribution in [-0.4, -0.2) is 19.2 Å². The second kappa shape index (κ2) is 4.77. The zero-order valence-corrected chi connectivity index (χ0v) is 10.4. The fourth-order valence-corrected chi connectivity index (χ4v) is 1.85. The number of anilines is 1. The van der Waals surface area contributed by atoms with Gasteiger partial charge in [0.2, 0.25) is 0 Å². The van der Waals surface area contributed by atoms with E-state index in [1.807, 2.05) is 0 Å². The molecule has 0 heterocycles. The molecule has 0 aromatic heterocycles. The smallest absolute Gasteiger partial charge is 0.276 e. The largest absolute Gasteiger partial charge is 0.516 e. The van der Waals surface area contributed by atoms with Gasteiger partial charge in [0.25, 0.3) is 5.24 Å². The first-order valence-corrected chi connectivity index (χ1v) is 6.30. The van der Waals surface area contributed by atoms with Crippen LogP contribution in [0, 0.1) is 6.92 Å². The molecule has 100 valence electrons. The molecule has 9 heteroatoms. The third kappa shape index (κ3) is 3.14. The first-order chi connectivity index (χ1) is 8.04. The number of sulfonamides is 1. The van der Waals surface area contributed by atoms with E-state index in [2.05, 4.69) is 0 Å². The minimum atomic E-state index is -5.58. The molecule has 1 N–H and O–H groups in total. The quantitative estimate of drug-likeness (QED) is 0.873. The molecule has 0 fully saturated rings. The summed E-state index contributed by atoms with van der Waals surface area (Å²) >= 11 is 5.17. The molecule has 0 radical (unpaired) electrons. The Morgan fingerprint density at radius 3 is 2.33 bits per heavy atom. The van der Waals surface area contributed by atoms with E-state index in [0.717, 1.165) is 6.07 Å². The van der Waals surface area contributed by atoms with E-state index >= 15 is 0 Å². The van der Waals surface area contributed by atoms with Crippen LogP contribution in [0.2, 0.25) is 0 Å². The SMILES string of the molecule is Cc1ccc(NS(=O)(=O)C(F)(F)F)c(C(=O)Cl)c1. The summed E-state index contributed by atoms with van der Waals surface area (Å²) < 4.78 is 59.5. The number of benzene rings is 1. The van der Waals surface area contributed by atoms with Gasteiger partial charge in [-0.25, -0.2) is 0 Å². The van der Waals surface area contributed by atoms with Gasteiger partial charge in [-0.15, -0.1) is 0 Å². The Bertz CT molecular complexity index is 583. The van der Waals surface area contributed by atoms with Crippen molar-refractivity contribution >= 4 is 32.6 Å². The van der Waals surface area contributed by atoms with Crippen molar-refractivity contribution in [2.24, 2.45) is 0 Å². The number of carbonyl (C=O) groups is 1. The zero-order valence-electron chi connectivity index (χ0n) is 8.88. The molecule has 0 bridgehead atoms. The lowest BCUT2D eigenvalue weighted by atomic mass is 10.1. The lowest BCUT2D eigenvalue weighted by molar-refractivity contribution is -0.0429. The first-order valence-electron chi connectivity index (χ1n) is 4.44. The molecule has 0 saturated heterocycles. The number of hydrogen-bond acceptors (Lipinski definition) is 3. The average Bonchev–Trinajstić information content (AvgIpc) is 2.18. The molecule has 18 heavy (non-hydrogen) atoms. The highest BCUT2D eigenvalue weighted by atomic mass is 35.5. The van der Waals surface area contributed by atoms with E-state index in [1.165, 1.54) is 16.9 Å². The van der Waals surface area contributed by atoms with Gasteiger partial charge in [-0.3, -0.25) is 9.52 Å². The maximum Gasteiger partial charge on any atom is 0.516 e. The van der Waals surface area contributed by atoms with Crippen LogP contribution in [-0.2, 0) is 10.0 Å². The standard InChI is InChI=1S/C9H7ClF3NO3S/c1-5-2-3-7(6(4-5)8(10)15)14-18(16,17)9(11,12)13/h2-4,14H,1H3. The van der Waals surface area contributed by atoms with Gasteiger partial charge in [-0.2, -0.15) is 21.6 Å². The van der Waals surface area contributed by atoms with Gasteiger partial charge in [0.15, 0.2) is 0 Å². The Morgan fingerprint density at radius 2 is 1.89 bits per heavy atom. The Labute approximate surface area is 106 Å². The van der Waals surface area contributed by atoms with Crippen LogP contribution in [0.4, 0.5) is 18.9 Å². The lowest BCUT2D eigenvalue weighted by Crippen LogP contribution is -2.30. The normalized spacial score (nSPS) is 12.3. The first kappa shape index (κ1) is 14.8. The van der Waals surface area contributed by atoms with Gasteiger partial charge < -0.3 is 0 Å². The van der Waals surface area contributed by atoms with Crippen molar-refractivity contribution in [1.82, 2.24) is 0 Å². The Hall–Kier alpha value is -1.28. The Morgan fingerprint density at radius 1 is 1.33 bits per heavy atom. The minimum Gasteiger partial charge on any atom is -0.276 e. The van der Waals surface area contributed by atoms with Gasteiger partial charge in [0, 0.05) is 0 Å². The van der Waals surface area contributed by atoms with Gasteiger partial charge >= 0.3 is 15.5 Å². The predicted molar refractivity (Wildman–Crippen MR) is 60.0 cm³/mol. The van der Waals surface area contributed by atoms with Crippen LogP contribution in [0.15, 0.2) is 18.2 Å². The van der Waals surface area contributed by atoms with Gasteiger partial charge in [0.1, 0.15) is 0 Å². The molecule has 0 spiro atoms. The van der Waals surface area contributed by atoms with E-state index in [1.54, 1.807) is 6.92 Å². The van der Waals surface area contributed by atoms with Crippen molar-refractivity contribution in [2.45, 2.75) is 12.4 Å². The summed E-state index contributed by atoms with van der Waals surface area (Å²) in [6.45, 7) is 1.57. The zero-order chi connectivity index (χ0) is 14.1. The van der Waals surface area contributed by atoms with Crippen molar-refractivity contribution in [3.05, 3.63) is 29.3 Å². The number of rotatable bonds is 3. The molecule has 0 aliphatic heterocycles. The van der Waals surface area contributed by atoms with E-state index in [-0.39, 0.29) is 5.56 Å². The van der Waals surface area contributed by atoms with E-state index in [4.69, 9.17) is 11.6 Å². The summed E-state index contributed by atoms with van der Waals surface area (Å²) in [6.07, 6.45) is 0. The predicted octanol–water partition coefficient (Wildman–Crippen LogP) is 2.64. The molecular formula is C9H7ClF3NO3S. The number of nitrogens with one attached hydrogen (secondary N) is 1. The van der Waals surface area contributed by atoms with Crippen LogP contribution in [0.1, 0.15) is 15.9 Å². The molecule has 0 aliphatic rings. The number of hydrogen-bond donors (Lipinski definition) is 1. The second-order valence-electron chi connectivity index (χ2n) is 3.37. The van der Waals surface area contributed by atoms with E-state index < -0.39 is 26.5 Å². The summed E-state index contributed by atoms with van der Waals surface area (Å²) in [5, 5.41) is -1.06. The van der Waals surface area contributed by atoms with Crippen LogP contribution in [0.5, 0.6) is 0 Å². The van der Waals surface area contributed by atoms with Gasteiger partial charge in [-0.05, 0) is 30.7 Å². The maximum absolute atomic E-state index is 12.2. The summed E-state index contributed by atoms with van der Waals surface area (Å²) in [7, 11) is -5.58. The van der Waals surface area contributed by atoms with Crippen molar-refractivity contribution in [3.8, 4) is 0 Å². The molecule has 0 aliphatic carbocycles. The average molecular weight is 302 g/mol. The summed E-state index contributed by atoms with van der Waals surface area (Å²) in [5.41, 5.74) is -5.78. The second-order valence-corrected chi connectivity index (χ2v) is 5.39. The fourth-order valence-electron chi connectivity index (χ4n) is 1.11. The molecule has 4 nitrogen and oxygen atoms in total. The van der Waals surface area contributed by atoms with Crippen molar-refractivity contribution < 1.29 is 26.4 Å². The number of aryl methyl sites for hydroxylation is 1. The highest BCUT2D eigenvalue weighted by molar-refractivity contribution is 7.93. The van der Waals surface area contributed by atoms with Crippen LogP contribution in [0.3, 0.4) is 0 Å². The van der Waals surface area contributed by atoms with Gasteiger partial charge in [-0.1, -0.05) is 11.6 Å². The third-order valence-electron chi connectivity index (χ3n) is 1.94. The Balaban J connectivity index is 3.25. The summed E-state index contributed by atoms with van der Waals surface area (Å²) in [5.74, 6) is 0. The van der Waals surface area contributed by atoms with Crippen LogP contribution < -0.4 is 4.72 Å². The number of carbonyl (C=O) groups excluding carboxylic acids is 1. The molecule has 1 rings (SSSR count). The highest BCUT2D eigenvalue weighted by Crippen LogP contribution is 2.28. The minimum absolute atomic E-state index is 0.343. The molecular weight excluding hydrogens is 295 g/mol. The molecule has 0 unspecified atom stereocenters. The maximum atomic E-state index is 12.2. The molecule has 1 aromatic rings. The highest BCUT2D eigenvalue weighted by Gasteiger charge is 2.46. The van der Waals surface area contributed by atoms with Crippen molar-refractivity contribution in [2.75, 3.05) is 4.72 Å². The van der Waals surface area contributed by atoms with E-state index in [0.29, 0.717) is 5.56 Å². The lowest BCUT2D eigenvalue weighted by Gasteiger charge is -2.12. The molecule has 0 amide bonds.